The molecule has 0 spiro atoms. The van der Waals surface area contributed by atoms with E-state index in [4.69, 9.17) is 10.5 Å². The van der Waals surface area contributed by atoms with Gasteiger partial charge >= 0.3 is 5.97 Å². The fourth-order valence-corrected chi connectivity index (χ4v) is 1.63. The number of hydrogen-bond acceptors (Lipinski definition) is 3. The second-order valence-electron chi connectivity index (χ2n) is 5.96. The summed E-state index contributed by atoms with van der Waals surface area (Å²) >= 11 is 0. The van der Waals surface area contributed by atoms with Crippen LogP contribution in [-0.4, -0.2) is 17.5 Å². The molecule has 0 fully saturated rings. The highest BCUT2D eigenvalue weighted by atomic mass is 16.6. The van der Waals surface area contributed by atoms with Gasteiger partial charge in [0, 0.05) is 0 Å². The minimum Gasteiger partial charge on any atom is -0.460 e. The first-order chi connectivity index (χ1) is 7.54. The standard InChI is InChI=1S/C13H25NO3/c1-8(2)7-10(11(14)15)9(3)12(16)17-13(4,5)6/h8-10H,7H2,1-6H3,(H2,14,15). The molecule has 0 rings (SSSR count). The maximum Gasteiger partial charge on any atom is 0.309 e. The summed E-state index contributed by atoms with van der Waals surface area (Å²) in [6.45, 7) is 11.1. The van der Waals surface area contributed by atoms with Crippen molar-refractivity contribution in [1.82, 2.24) is 0 Å². The largest absolute Gasteiger partial charge is 0.460 e. The number of carbonyl (C=O) groups excluding carboxylic acids is 2. The first-order valence-corrected chi connectivity index (χ1v) is 6.06. The minimum atomic E-state index is -0.536. The third-order valence-electron chi connectivity index (χ3n) is 2.47. The molecule has 100 valence electrons. The van der Waals surface area contributed by atoms with Crippen LogP contribution >= 0.6 is 0 Å². The van der Waals surface area contributed by atoms with Gasteiger partial charge in [-0.3, -0.25) is 9.59 Å². The van der Waals surface area contributed by atoms with Crippen LogP contribution < -0.4 is 5.73 Å². The Hall–Kier alpha value is -1.06. The second kappa shape index (κ2) is 6.03. The van der Waals surface area contributed by atoms with E-state index in [1.54, 1.807) is 27.7 Å². The van der Waals surface area contributed by atoms with Gasteiger partial charge in [0.25, 0.3) is 0 Å². The van der Waals surface area contributed by atoms with Crippen molar-refractivity contribution in [2.24, 2.45) is 23.5 Å². The van der Waals surface area contributed by atoms with Crippen LogP contribution in [0.4, 0.5) is 0 Å². The Morgan fingerprint density at radius 3 is 1.94 bits per heavy atom. The Balaban J connectivity index is 4.67. The van der Waals surface area contributed by atoms with Crippen LogP contribution in [0.1, 0.15) is 48.0 Å². The summed E-state index contributed by atoms with van der Waals surface area (Å²) < 4.78 is 5.27. The van der Waals surface area contributed by atoms with Crippen LogP contribution in [0.25, 0.3) is 0 Å². The van der Waals surface area contributed by atoms with Crippen molar-refractivity contribution in [3.05, 3.63) is 0 Å². The Labute approximate surface area is 104 Å². The van der Waals surface area contributed by atoms with Gasteiger partial charge in [-0.15, -0.1) is 0 Å². The normalized spacial score (nSPS) is 15.5. The number of amides is 1. The molecule has 4 heteroatoms. The number of esters is 1. The fraction of sp³-hybridized carbons (Fsp3) is 0.846. The maximum atomic E-state index is 11.9. The van der Waals surface area contributed by atoms with E-state index in [9.17, 15) is 9.59 Å². The molecule has 0 aromatic rings. The molecule has 0 aliphatic rings. The highest BCUT2D eigenvalue weighted by Gasteiger charge is 2.32. The molecule has 4 nitrogen and oxygen atoms in total. The number of ether oxygens (including phenoxy) is 1. The Morgan fingerprint density at radius 2 is 1.65 bits per heavy atom. The molecule has 0 bridgehead atoms. The summed E-state index contributed by atoms with van der Waals surface area (Å²) in [5, 5.41) is 0. The molecule has 0 aromatic heterocycles. The number of hydrogen-bond donors (Lipinski definition) is 1. The van der Waals surface area contributed by atoms with Crippen LogP contribution in [0.3, 0.4) is 0 Å². The van der Waals surface area contributed by atoms with Gasteiger partial charge in [-0.1, -0.05) is 20.8 Å². The molecule has 0 aliphatic carbocycles. The molecule has 17 heavy (non-hydrogen) atoms. The molecule has 2 N–H and O–H groups in total. The topological polar surface area (TPSA) is 69.4 Å². The van der Waals surface area contributed by atoms with E-state index in [1.807, 2.05) is 13.8 Å². The summed E-state index contributed by atoms with van der Waals surface area (Å²) in [6, 6.07) is 0. The first kappa shape index (κ1) is 15.9. The lowest BCUT2D eigenvalue weighted by Crippen LogP contribution is -2.37. The molecule has 2 unspecified atom stereocenters. The van der Waals surface area contributed by atoms with Crippen molar-refractivity contribution in [2.45, 2.75) is 53.6 Å². The number of primary amides is 1. The van der Waals surface area contributed by atoms with Crippen LogP contribution in [0.5, 0.6) is 0 Å². The zero-order valence-electron chi connectivity index (χ0n) is 11.7. The van der Waals surface area contributed by atoms with Gasteiger partial charge in [-0.25, -0.2) is 0 Å². The minimum absolute atomic E-state index is 0.317. The van der Waals surface area contributed by atoms with Gasteiger partial charge < -0.3 is 10.5 Å². The smallest absolute Gasteiger partial charge is 0.309 e. The van der Waals surface area contributed by atoms with Crippen molar-refractivity contribution in [3.63, 3.8) is 0 Å². The first-order valence-electron chi connectivity index (χ1n) is 6.06. The van der Waals surface area contributed by atoms with Crippen LogP contribution in [0, 0.1) is 17.8 Å². The SMILES string of the molecule is CC(C)CC(C(N)=O)C(C)C(=O)OC(C)(C)C. The van der Waals surface area contributed by atoms with Crippen molar-refractivity contribution in [3.8, 4) is 0 Å². The summed E-state index contributed by atoms with van der Waals surface area (Å²) in [5.41, 5.74) is 4.80. The van der Waals surface area contributed by atoms with E-state index in [-0.39, 0.29) is 5.97 Å². The van der Waals surface area contributed by atoms with Crippen molar-refractivity contribution < 1.29 is 14.3 Å². The van der Waals surface area contributed by atoms with Crippen molar-refractivity contribution >= 4 is 11.9 Å². The lowest BCUT2D eigenvalue weighted by Gasteiger charge is -2.26. The van der Waals surface area contributed by atoms with E-state index in [2.05, 4.69) is 0 Å². The number of carbonyl (C=O) groups is 2. The van der Waals surface area contributed by atoms with Crippen LogP contribution in [0.2, 0.25) is 0 Å². The molecule has 0 radical (unpaired) electrons. The Kier molecular flexibility index (Phi) is 5.66. The quantitative estimate of drug-likeness (QED) is 0.752. The highest BCUT2D eigenvalue weighted by molar-refractivity contribution is 5.84. The molecule has 0 saturated carbocycles. The van der Waals surface area contributed by atoms with Crippen molar-refractivity contribution in [1.29, 1.82) is 0 Å². The molecular weight excluding hydrogens is 218 g/mol. The lowest BCUT2D eigenvalue weighted by atomic mass is 9.86. The lowest BCUT2D eigenvalue weighted by molar-refractivity contribution is -0.163. The average Bonchev–Trinajstić information content (AvgIpc) is 2.09. The zero-order chi connectivity index (χ0) is 13.8. The van der Waals surface area contributed by atoms with E-state index < -0.39 is 23.3 Å². The fourth-order valence-electron chi connectivity index (χ4n) is 1.63. The molecule has 2 atom stereocenters. The number of rotatable bonds is 5. The second-order valence-corrected chi connectivity index (χ2v) is 5.96. The highest BCUT2D eigenvalue weighted by Crippen LogP contribution is 2.23. The average molecular weight is 243 g/mol. The molecular formula is C13H25NO3. The van der Waals surface area contributed by atoms with Gasteiger partial charge in [-0.2, -0.15) is 0 Å². The summed E-state index contributed by atoms with van der Waals surface area (Å²) in [5.74, 6) is -1.42. The summed E-state index contributed by atoms with van der Waals surface area (Å²) in [6.07, 6.45) is 0.607. The van der Waals surface area contributed by atoms with Crippen LogP contribution in [-0.2, 0) is 14.3 Å². The molecule has 0 aromatic carbocycles. The number of nitrogens with two attached hydrogens (primary N) is 1. The summed E-state index contributed by atoms with van der Waals surface area (Å²) in [4.78, 5) is 23.2. The van der Waals surface area contributed by atoms with Gasteiger partial charge in [0.05, 0.1) is 11.8 Å². The summed E-state index contributed by atoms with van der Waals surface area (Å²) in [7, 11) is 0. The molecule has 1 amide bonds. The van der Waals surface area contributed by atoms with Gasteiger partial charge in [0.2, 0.25) is 5.91 Å². The monoisotopic (exact) mass is 243 g/mol. The molecule has 0 aliphatic heterocycles. The van der Waals surface area contributed by atoms with Gasteiger partial charge in [0.15, 0.2) is 0 Å². The Bertz CT molecular complexity index is 279. The van der Waals surface area contributed by atoms with E-state index in [0.717, 1.165) is 0 Å². The van der Waals surface area contributed by atoms with Gasteiger partial charge in [0.1, 0.15) is 5.60 Å². The predicted molar refractivity (Wildman–Crippen MR) is 67.1 cm³/mol. The van der Waals surface area contributed by atoms with E-state index in [1.165, 1.54) is 0 Å². The third kappa shape index (κ3) is 6.29. The zero-order valence-corrected chi connectivity index (χ0v) is 11.7. The Morgan fingerprint density at radius 1 is 1.18 bits per heavy atom. The third-order valence-corrected chi connectivity index (χ3v) is 2.47. The predicted octanol–water partition coefficient (Wildman–Crippen LogP) is 2.11. The van der Waals surface area contributed by atoms with E-state index >= 15 is 0 Å². The van der Waals surface area contributed by atoms with Crippen LogP contribution in [0.15, 0.2) is 0 Å². The molecule has 0 heterocycles. The maximum absolute atomic E-state index is 11.9. The molecule has 0 saturated heterocycles. The van der Waals surface area contributed by atoms with E-state index in [0.29, 0.717) is 12.3 Å². The van der Waals surface area contributed by atoms with Gasteiger partial charge in [-0.05, 0) is 33.1 Å². The van der Waals surface area contributed by atoms with Crippen molar-refractivity contribution in [2.75, 3.05) is 0 Å².